The zero-order chi connectivity index (χ0) is 22.8. The van der Waals surface area contributed by atoms with Crippen molar-refractivity contribution < 1.29 is 28.3 Å². The summed E-state index contributed by atoms with van der Waals surface area (Å²) >= 11 is 6.05. The second-order valence-electron chi connectivity index (χ2n) is 8.03. The Bertz CT molecular complexity index is 1050. The number of sulfonamides is 1. The van der Waals surface area contributed by atoms with Gasteiger partial charge in [0.05, 0.1) is 16.0 Å². The number of amides is 1. The summed E-state index contributed by atoms with van der Waals surface area (Å²) in [7, 11) is -4.14. The number of piperidine rings is 1. The fraction of sp³-hybridized carbons (Fsp3) is 0.400. The van der Waals surface area contributed by atoms with Gasteiger partial charge in [0.25, 0.3) is 5.91 Å². The van der Waals surface area contributed by atoms with E-state index in [4.69, 9.17) is 21.5 Å². The number of aromatic nitrogens is 1. The molecular formula is C20H24ClN3O6S. The molecule has 2 atom stereocenters. The van der Waals surface area contributed by atoms with Gasteiger partial charge in [-0.2, -0.15) is 4.31 Å². The van der Waals surface area contributed by atoms with Crippen molar-refractivity contribution in [2.45, 2.75) is 43.9 Å². The molecule has 1 saturated heterocycles. The Hall–Kier alpha value is -2.24. The molecule has 1 fully saturated rings. The number of carbonyl (C=O) groups excluding carboxylic acids is 1. The molecular weight excluding hydrogens is 446 g/mol. The molecule has 1 aromatic carbocycles. The second-order valence-corrected chi connectivity index (χ2v) is 10.3. The Morgan fingerprint density at radius 3 is 2.61 bits per heavy atom. The molecule has 1 aliphatic rings. The van der Waals surface area contributed by atoms with Crippen LogP contribution in [0.1, 0.15) is 25.8 Å². The third-order valence-electron chi connectivity index (χ3n) is 5.22. The molecule has 0 radical (unpaired) electrons. The van der Waals surface area contributed by atoms with Crippen LogP contribution in [0.2, 0.25) is 5.02 Å². The van der Waals surface area contributed by atoms with E-state index >= 15 is 0 Å². The maximum Gasteiger partial charge on any atom is 0.262 e. The van der Waals surface area contributed by atoms with Crippen LogP contribution in [0.5, 0.6) is 5.75 Å². The molecule has 2 aromatic rings. The van der Waals surface area contributed by atoms with E-state index in [-0.39, 0.29) is 24.5 Å². The number of nitrogens with zero attached hydrogens (tertiary/aromatic N) is 2. The van der Waals surface area contributed by atoms with Crippen LogP contribution in [0.4, 0.5) is 0 Å². The number of carbonyl (C=O) groups is 1. The van der Waals surface area contributed by atoms with Crippen LogP contribution in [-0.4, -0.2) is 52.6 Å². The number of hydroxylamine groups is 1. The summed E-state index contributed by atoms with van der Waals surface area (Å²) in [5.41, 5.74) is 1.38. The summed E-state index contributed by atoms with van der Waals surface area (Å²) in [4.78, 5) is 16.1. The van der Waals surface area contributed by atoms with Gasteiger partial charge in [0, 0.05) is 24.5 Å². The summed E-state index contributed by atoms with van der Waals surface area (Å²) in [6.45, 7) is 3.25. The van der Waals surface area contributed by atoms with Crippen LogP contribution in [0.3, 0.4) is 0 Å². The number of rotatable bonds is 6. The van der Waals surface area contributed by atoms with E-state index in [9.17, 15) is 18.3 Å². The van der Waals surface area contributed by atoms with Crippen molar-refractivity contribution in [1.29, 1.82) is 0 Å². The van der Waals surface area contributed by atoms with Crippen molar-refractivity contribution in [3.63, 3.8) is 0 Å². The van der Waals surface area contributed by atoms with Crippen LogP contribution in [0.25, 0.3) is 0 Å². The first-order valence-corrected chi connectivity index (χ1v) is 11.3. The number of hydrogen-bond acceptors (Lipinski definition) is 7. The summed E-state index contributed by atoms with van der Waals surface area (Å²) in [5, 5.41) is 19.8. The molecule has 3 rings (SSSR count). The number of pyridine rings is 1. The van der Waals surface area contributed by atoms with Gasteiger partial charge < -0.3 is 9.84 Å². The molecule has 0 aliphatic carbocycles. The first kappa shape index (κ1) is 23.4. The van der Waals surface area contributed by atoms with E-state index in [0.717, 1.165) is 9.87 Å². The Kier molecular flexibility index (Phi) is 6.87. The maximum absolute atomic E-state index is 13.3. The van der Waals surface area contributed by atoms with Crippen molar-refractivity contribution in [2.24, 2.45) is 5.41 Å². The topological polar surface area (TPSA) is 129 Å². The maximum atomic E-state index is 13.3. The van der Waals surface area contributed by atoms with E-state index < -0.39 is 33.5 Å². The Morgan fingerprint density at radius 2 is 2.00 bits per heavy atom. The van der Waals surface area contributed by atoms with E-state index in [1.807, 2.05) is 0 Å². The highest BCUT2D eigenvalue weighted by molar-refractivity contribution is 7.89. The quantitative estimate of drug-likeness (QED) is 0.435. The molecule has 2 heterocycles. The summed E-state index contributed by atoms with van der Waals surface area (Å²) < 4.78 is 33.1. The number of aliphatic hydroxyl groups is 1. The smallest absolute Gasteiger partial charge is 0.262 e. The summed E-state index contributed by atoms with van der Waals surface area (Å²) in [5.74, 6) is -0.426. The van der Waals surface area contributed by atoms with Crippen LogP contribution >= 0.6 is 11.6 Å². The van der Waals surface area contributed by atoms with Gasteiger partial charge in [0.1, 0.15) is 18.4 Å². The minimum atomic E-state index is -4.14. The fourth-order valence-electron chi connectivity index (χ4n) is 3.80. The van der Waals surface area contributed by atoms with E-state index in [1.165, 1.54) is 30.5 Å². The predicted octanol–water partition coefficient (Wildman–Crippen LogP) is 1.97. The van der Waals surface area contributed by atoms with Crippen LogP contribution in [0, 0.1) is 5.41 Å². The second kappa shape index (κ2) is 9.09. The SMILES string of the molecule is CC1(C)C[C@@H](O)CN(S(=O)(=O)c2ccc(OCc3ccncc3Cl)cc2)[C@H]1C(=O)NO. The number of hydrogen-bond donors (Lipinski definition) is 3. The number of halogens is 1. The number of ether oxygens (including phenoxy) is 1. The van der Waals surface area contributed by atoms with Crippen LogP contribution < -0.4 is 10.2 Å². The van der Waals surface area contributed by atoms with Crippen molar-refractivity contribution in [2.75, 3.05) is 6.54 Å². The first-order valence-electron chi connectivity index (χ1n) is 9.51. The van der Waals surface area contributed by atoms with Crippen molar-refractivity contribution in [1.82, 2.24) is 14.8 Å². The Morgan fingerprint density at radius 1 is 1.32 bits per heavy atom. The number of nitrogens with one attached hydrogen (secondary N) is 1. The lowest BCUT2D eigenvalue weighted by molar-refractivity contribution is -0.140. The molecule has 0 unspecified atom stereocenters. The average Bonchev–Trinajstić information content (AvgIpc) is 2.71. The highest BCUT2D eigenvalue weighted by Gasteiger charge is 2.50. The number of benzene rings is 1. The highest BCUT2D eigenvalue weighted by atomic mass is 35.5. The van der Waals surface area contributed by atoms with Crippen molar-refractivity contribution in [3.05, 3.63) is 53.3 Å². The van der Waals surface area contributed by atoms with Gasteiger partial charge >= 0.3 is 0 Å². The Balaban J connectivity index is 1.83. The lowest BCUT2D eigenvalue weighted by Gasteiger charge is -2.45. The summed E-state index contributed by atoms with van der Waals surface area (Å²) in [6.07, 6.45) is 2.36. The monoisotopic (exact) mass is 469 g/mol. The predicted molar refractivity (Wildman–Crippen MR) is 112 cm³/mol. The molecule has 0 bridgehead atoms. The lowest BCUT2D eigenvalue weighted by atomic mass is 9.76. The lowest BCUT2D eigenvalue weighted by Crippen LogP contribution is -2.62. The van der Waals surface area contributed by atoms with Crippen molar-refractivity contribution in [3.8, 4) is 5.75 Å². The minimum absolute atomic E-state index is 0.0672. The van der Waals surface area contributed by atoms with Gasteiger partial charge in [-0.15, -0.1) is 0 Å². The third kappa shape index (κ3) is 4.99. The van der Waals surface area contributed by atoms with Gasteiger partial charge in [-0.3, -0.25) is 15.0 Å². The van der Waals surface area contributed by atoms with Gasteiger partial charge in [-0.25, -0.2) is 13.9 Å². The van der Waals surface area contributed by atoms with E-state index in [1.54, 1.807) is 31.6 Å². The minimum Gasteiger partial charge on any atom is -0.489 e. The molecule has 1 amide bonds. The molecule has 9 nitrogen and oxygen atoms in total. The van der Waals surface area contributed by atoms with Crippen molar-refractivity contribution >= 4 is 27.5 Å². The molecule has 0 spiro atoms. The molecule has 0 saturated carbocycles. The van der Waals surface area contributed by atoms with Gasteiger partial charge in [-0.05, 0) is 42.2 Å². The zero-order valence-electron chi connectivity index (χ0n) is 17.0. The first-order chi connectivity index (χ1) is 14.6. The van der Waals surface area contributed by atoms with Crippen LogP contribution in [0.15, 0.2) is 47.6 Å². The summed E-state index contributed by atoms with van der Waals surface area (Å²) in [6, 6.07) is 6.25. The standard InChI is InChI=1S/C20H24ClN3O6S/c1-20(2)9-14(25)11-24(18(20)19(26)23-27)31(28,29)16-5-3-15(4-6-16)30-12-13-7-8-22-10-17(13)21/h3-8,10,14,18,25,27H,9,11-12H2,1-2H3,(H,23,26)/t14-,18+/m1/s1. The molecule has 3 N–H and O–H groups in total. The van der Waals surface area contributed by atoms with Gasteiger partial charge in [0.15, 0.2) is 0 Å². The molecule has 11 heteroatoms. The highest BCUT2D eigenvalue weighted by Crippen LogP contribution is 2.38. The molecule has 168 valence electrons. The van der Waals surface area contributed by atoms with Gasteiger partial charge in [-0.1, -0.05) is 25.4 Å². The number of β-amino-alcohol motifs (C(OH)–C–C–N with tert-alkyl or cyclic N) is 1. The van der Waals surface area contributed by atoms with E-state index in [0.29, 0.717) is 10.8 Å². The molecule has 1 aliphatic heterocycles. The fourth-order valence-corrected chi connectivity index (χ4v) is 5.75. The largest absolute Gasteiger partial charge is 0.489 e. The third-order valence-corrected chi connectivity index (χ3v) is 7.41. The van der Waals surface area contributed by atoms with Crippen LogP contribution in [-0.2, 0) is 21.4 Å². The molecule has 31 heavy (non-hydrogen) atoms. The van der Waals surface area contributed by atoms with Gasteiger partial charge in [0.2, 0.25) is 10.0 Å². The Labute approximate surface area is 185 Å². The number of aliphatic hydroxyl groups excluding tert-OH is 1. The zero-order valence-corrected chi connectivity index (χ0v) is 18.6. The average molecular weight is 470 g/mol. The molecule has 1 aromatic heterocycles. The van der Waals surface area contributed by atoms with E-state index in [2.05, 4.69) is 4.98 Å². The normalized spacial score (nSPS) is 21.5.